The molecule has 1 aromatic carbocycles. The normalized spacial score (nSPS) is 13.5. The second kappa shape index (κ2) is 8.43. The number of methoxy groups -OCH3 is 1. The van der Waals surface area contributed by atoms with Gasteiger partial charge in [0.25, 0.3) is 0 Å². The predicted octanol–water partition coefficient (Wildman–Crippen LogP) is 4.07. The van der Waals surface area contributed by atoms with E-state index in [-0.39, 0.29) is 22.7 Å². The van der Waals surface area contributed by atoms with E-state index in [0.717, 1.165) is 23.4 Å². The van der Waals surface area contributed by atoms with Crippen LogP contribution in [0.25, 0.3) is 0 Å². The van der Waals surface area contributed by atoms with E-state index < -0.39 is 0 Å². The van der Waals surface area contributed by atoms with Crippen LogP contribution in [-0.2, 0) is 15.6 Å². The van der Waals surface area contributed by atoms with Crippen molar-refractivity contribution in [2.75, 3.05) is 34.3 Å². The molecule has 0 saturated heterocycles. The lowest BCUT2D eigenvalue weighted by molar-refractivity contribution is -0.131. The summed E-state index contributed by atoms with van der Waals surface area (Å²) in [5, 5.41) is 3.09. The summed E-state index contributed by atoms with van der Waals surface area (Å²) in [6, 6.07) is 4.40. The van der Waals surface area contributed by atoms with Gasteiger partial charge in [-0.25, -0.2) is 0 Å². The first-order valence-electron chi connectivity index (χ1n) is 9.47. The second-order valence-electron chi connectivity index (χ2n) is 9.23. The van der Waals surface area contributed by atoms with Crippen LogP contribution in [0.3, 0.4) is 0 Å². The average Bonchev–Trinajstić information content (AvgIpc) is 2.55. The second-order valence-corrected chi connectivity index (χ2v) is 9.23. The van der Waals surface area contributed by atoms with Crippen molar-refractivity contribution >= 4 is 5.91 Å². The molecule has 1 unspecified atom stereocenters. The molecule has 0 spiro atoms. The van der Waals surface area contributed by atoms with Crippen LogP contribution in [0.4, 0.5) is 0 Å². The molecule has 1 amide bonds. The SMILES string of the molecule is CNCCN(C)C(=O)C(C)c1cc(C(C)(C)C)cc(C(C)(C)C)c1OC. The van der Waals surface area contributed by atoms with Gasteiger partial charge in [0.1, 0.15) is 5.75 Å². The summed E-state index contributed by atoms with van der Waals surface area (Å²) in [6.07, 6.45) is 0. The molecule has 26 heavy (non-hydrogen) atoms. The largest absolute Gasteiger partial charge is 0.496 e. The van der Waals surface area contributed by atoms with Gasteiger partial charge in [0.15, 0.2) is 0 Å². The Morgan fingerprint density at radius 3 is 2.15 bits per heavy atom. The van der Waals surface area contributed by atoms with Crippen molar-refractivity contribution in [1.82, 2.24) is 10.2 Å². The molecule has 4 heteroatoms. The molecule has 0 aromatic heterocycles. The number of carbonyl (C=O) groups is 1. The van der Waals surface area contributed by atoms with E-state index >= 15 is 0 Å². The molecule has 0 fully saturated rings. The zero-order chi connectivity index (χ0) is 20.3. The van der Waals surface area contributed by atoms with Gasteiger partial charge >= 0.3 is 0 Å². The van der Waals surface area contributed by atoms with Crippen molar-refractivity contribution in [2.24, 2.45) is 0 Å². The minimum Gasteiger partial charge on any atom is -0.496 e. The molecule has 0 bridgehead atoms. The molecule has 0 saturated carbocycles. The first-order chi connectivity index (χ1) is 11.8. The predicted molar refractivity (Wildman–Crippen MR) is 110 cm³/mol. The maximum absolute atomic E-state index is 13.0. The highest BCUT2D eigenvalue weighted by Crippen LogP contribution is 2.41. The Balaban J connectivity index is 3.50. The van der Waals surface area contributed by atoms with E-state index in [1.54, 1.807) is 12.0 Å². The molecule has 1 N–H and O–H groups in total. The molecular weight excluding hydrogens is 324 g/mol. The number of ether oxygens (including phenoxy) is 1. The Hall–Kier alpha value is -1.55. The summed E-state index contributed by atoms with van der Waals surface area (Å²) < 4.78 is 5.82. The lowest BCUT2D eigenvalue weighted by Crippen LogP contribution is -2.35. The van der Waals surface area contributed by atoms with Crippen LogP contribution in [0.15, 0.2) is 12.1 Å². The van der Waals surface area contributed by atoms with Gasteiger partial charge in [-0.05, 0) is 30.4 Å². The Morgan fingerprint density at radius 1 is 1.15 bits per heavy atom. The zero-order valence-corrected chi connectivity index (χ0v) is 18.4. The molecule has 1 rings (SSSR count). The third kappa shape index (κ3) is 5.23. The number of likely N-dealkylation sites (N-methyl/N-ethyl adjacent to an activating group) is 2. The number of hydrogen-bond acceptors (Lipinski definition) is 3. The molecule has 1 aromatic rings. The lowest BCUT2D eigenvalue weighted by atomic mass is 9.77. The van der Waals surface area contributed by atoms with E-state index in [9.17, 15) is 4.79 Å². The highest BCUT2D eigenvalue weighted by atomic mass is 16.5. The van der Waals surface area contributed by atoms with Crippen molar-refractivity contribution in [2.45, 2.75) is 65.2 Å². The summed E-state index contributed by atoms with van der Waals surface area (Å²) in [4.78, 5) is 14.8. The topological polar surface area (TPSA) is 41.6 Å². The fraction of sp³-hybridized carbons (Fsp3) is 0.682. The maximum atomic E-state index is 13.0. The smallest absolute Gasteiger partial charge is 0.229 e. The molecule has 0 aliphatic heterocycles. The minimum atomic E-state index is -0.254. The van der Waals surface area contributed by atoms with Crippen molar-refractivity contribution in [3.63, 3.8) is 0 Å². The van der Waals surface area contributed by atoms with Crippen molar-refractivity contribution < 1.29 is 9.53 Å². The van der Waals surface area contributed by atoms with E-state index in [4.69, 9.17) is 4.74 Å². The number of hydrogen-bond donors (Lipinski definition) is 1. The summed E-state index contributed by atoms with van der Waals surface area (Å²) in [6.45, 7) is 16.6. The van der Waals surface area contributed by atoms with Gasteiger partial charge in [-0.2, -0.15) is 0 Å². The molecular formula is C22H38N2O2. The molecule has 0 heterocycles. The van der Waals surface area contributed by atoms with Gasteiger partial charge in [-0.15, -0.1) is 0 Å². The van der Waals surface area contributed by atoms with Gasteiger partial charge in [-0.3, -0.25) is 4.79 Å². The number of rotatable bonds is 6. The van der Waals surface area contributed by atoms with Crippen LogP contribution in [0.2, 0.25) is 0 Å². The monoisotopic (exact) mass is 362 g/mol. The summed E-state index contributed by atoms with van der Waals surface area (Å²) in [5.41, 5.74) is 3.30. The number of nitrogens with one attached hydrogen (secondary N) is 1. The van der Waals surface area contributed by atoms with Crippen LogP contribution in [-0.4, -0.2) is 45.1 Å². The van der Waals surface area contributed by atoms with Gasteiger partial charge in [0.2, 0.25) is 5.91 Å². The number of carbonyl (C=O) groups excluding carboxylic acids is 1. The number of nitrogens with zero attached hydrogens (tertiary/aromatic N) is 1. The average molecular weight is 363 g/mol. The van der Waals surface area contributed by atoms with Gasteiger partial charge < -0.3 is 15.0 Å². The highest BCUT2D eigenvalue weighted by molar-refractivity contribution is 5.84. The zero-order valence-electron chi connectivity index (χ0n) is 18.4. The van der Waals surface area contributed by atoms with Crippen LogP contribution < -0.4 is 10.1 Å². The minimum absolute atomic E-state index is 0.00181. The summed E-state index contributed by atoms with van der Waals surface area (Å²) in [7, 11) is 5.46. The van der Waals surface area contributed by atoms with E-state index in [1.807, 2.05) is 21.0 Å². The van der Waals surface area contributed by atoms with E-state index in [2.05, 4.69) is 59.0 Å². The van der Waals surface area contributed by atoms with Crippen LogP contribution in [0.5, 0.6) is 5.75 Å². The fourth-order valence-electron chi connectivity index (χ4n) is 3.04. The highest BCUT2D eigenvalue weighted by Gasteiger charge is 2.30. The van der Waals surface area contributed by atoms with Crippen LogP contribution in [0, 0.1) is 0 Å². The fourth-order valence-corrected chi connectivity index (χ4v) is 3.04. The number of amides is 1. The van der Waals surface area contributed by atoms with Crippen molar-refractivity contribution in [1.29, 1.82) is 0 Å². The van der Waals surface area contributed by atoms with Crippen molar-refractivity contribution in [3.8, 4) is 5.75 Å². The van der Waals surface area contributed by atoms with Gasteiger partial charge in [-0.1, -0.05) is 53.7 Å². The Kier molecular flexibility index (Phi) is 7.29. The maximum Gasteiger partial charge on any atom is 0.229 e. The molecule has 0 aliphatic carbocycles. The Labute approximate surface area is 160 Å². The Morgan fingerprint density at radius 2 is 1.73 bits per heavy atom. The third-order valence-corrected chi connectivity index (χ3v) is 4.91. The summed E-state index contributed by atoms with van der Waals surface area (Å²) in [5.74, 6) is 0.702. The molecule has 0 aliphatic rings. The molecule has 1 atom stereocenters. The molecule has 148 valence electrons. The first-order valence-corrected chi connectivity index (χ1v) is 9.47. The standard InChI is InChI=1S/C22H38N2O2/c1-15(20(25)24(9)12-11-23-8)17-13-16(21(2,3)4)14-18(19(17)26-10)22(5,6)7/h13-15,23H,11-12H2,1-10H3. The molecule has 0 radical (unpaired) electrons. The van der Waals surface area contributed by atoms with E-state index in [0.29, 0.717) is 6.54 Å². The number of benzene rings is 1. The molecule has 4 nitrogen and oxygen atoms in total. The summed E-state index contributed by atoms with van der Waals surface area (Å²) >= 11 is 0. The quantitative estimate of drug-likeness (QED) is 0.829. The van der Waals surface area contributed by atoms with Crippen LogP contribution >= 0.6 is 0 Å². The van der Waals surface area contributed by atoms with Gasteiger partial charge in [0.05, 0.1) is 13.0 Å². The van der Waals surface area contributed by atoms with Gasteiger partial charge in [0, 0.05) is 31.3 Å². The lowest BCUT2D eigenvalue weighted by Gasteiger charge is -2.31. The van der Waals surface area contributed by atoms with E-state index in [1.165, 1.54) is 5.56 Å². The third-order valence-electron chi connectivity index (χ3n) is 4.91. The first kappa shape index (κ1) is 22.5. The van der Waals surface area contributed by atoms with Crippen molar-refractivity contribution in [3.05, 3.63) is 28.8 Å². The Bertz CT molecular complexity index is 624. The van der Waals surface area contributed by atoms with Crippen LogP contribution in [0.1, 0.15) is 71.1 Å².